The van der Waals surface area contributed by atoms with Gasteiger partial charge >= 0.3 is 5.97 Å². The van der Waals surface area contributed by atoms with Crippen LogP contribution in [0.15, 0.2) is 12.3 Å². The normalized spacial score (nSPS) is 11.2. The molecule has 0 amide bonds. The lowest BCUT2D eigenvalue weighted by molar-refractivity contribution is 0.0696. The van der Waals surface area contributed by atoms with E-state index < -0.39 is 5.97 Å². The van der Waals surface area contributed by atoms with Crippen LogP contribution < -0.4 is 0 Å². The van der Waals surface area contributed by atoms with Crippen molar-refractivity contribution >= 4 is 17.0 Å². The Labute approximate surface area is 92.7 Å². The van der Waals surface area contributed by atoms with Crippen LogP contribution >= 0.6 is 0 Å². The highest BCUT2D eigenvalue weighted by Gasteiger charge is 2.13. The molecule has 16 heavy (non-hydrogen) atoms. The van der Waals surface area contributed by atoms with Gasteiger partial charge in [0.2, 0.25) is 0 Å². The molecule has 84 valence electrons. The van der Waals surface area contributed by atoms with Crippen molar-refractivity contribution in [1.29, 1.82) is 0 Å². The Hall–Kier alpha value is -1.91. The number of rotatable bonds is 2. The molecule has 1 N–H and O–H groups in total. The zero-order valence-corrected chi connectivity index (χ0v) is 9.43. The number of fused-ring (bicyclic) bond motifs is 1. The smallest absolute Gasteiger partial charge is 0.337 e. The largest absolute Gasteiger partial charge is 0.478 e. The lowest BCUT2D eigenvalue weighted by atomic mass is 10.2. The van der Waals surface area contributed by atoms with Gasteiger partial charge in [0.1, 0.15) is 5.52 Å². The summed E-state index contributed by atoms with van der Waals surface area (Å²) in [6.45, 7) is 5.87. The average Bonchev–Trinajstić information content (AvgIpc) is 2.56. The highest BCUT2D eigenvalue weighted by atomic mass is 16.4. The van der Waals surface area contributed by atoms with Crippen LogP contribution in [0.2, 0.25) is 0 Å². The topological polar surface area (TPSA) is 68.0 Å². The number of aromatic nitrogens is 3. The molecule has 5 nitrogen and oxygen atoms in total. The third kappa shape index (κ3) is 1.54. The van der Waals surface area contributed by atoms with E-state index in [1.54, 1.807) is 10.7 Å². The van der Waals surface area contributed by atoms with Crippen LogP contribution in [0.4, 0.5) is 0 Å². The first-order valence-corrected chi connectivity index (χ1v) is 5.09. The van der Waals surface area contributed by atoms with Crippen molar-refractivity contribution in [1.82, 2.24) is 14.8 Å². The molecule has 0 saturated heterocycles. The van der Waals surface area contributed by atoms with Crippen LogP contribution in [-0.2, 0) is 0 Å². The van der Waals surface area contributed by atoms with Gasteiger partial charge in [0.15, 0.2) is 0 Å². The number of aromatic carboxylic acids is 1. The van der Waals surface area contributed by atoms with E-state index in [-0.39, 0.29) is 11.6 Å². The number of hydrogen-bond donors (Lipinski definition) is 1. The van der Waals surface area contributed by atoms with Crippen molar-refractivity contribution in [2.45, 2.75) is 26.8 Å². The van der Waals surface area contributed by atoms with Crippen molar-refractivity contribution in [3.8, 4) is 0 Å². The standard InChI is InChI=1S/C11H13N3O2/c1-6(2)14-9-4-8(11(15)16)5-12-10(9)7(3)13-14/h4-6H,1-3H3,(H,15,16). The Kier molecular flexibility index (Phi) is 2.38. The Morgan fingerprint density at radius 3 is 2.75 bits per heavy atom. The molecule has 0 aliphatic carbocycles. The summed E-state index contributed by atoms with van der Waals surface area (Å²) in [7, 11) is 0. The van der Waals surface area contributed by atoms with Gasteiger partial charge in [-0.15, -0.1) is 0 Å². The fraction of sp³-hybridized carbons (Fsp3) is 0.364. The summed E-state index contributed by atoms with van der Waals surface area (Å²) in [5.74, 6) is -0.969. The predicted molar refractivity (Wildman–Crippen MR) is 59.6 cm³/mol. The molecule has 0 atom stereocenters. The van der Waals surface area contributed by atoms with Gasteiger partial charge in [-0.25, -0.2) is 4.79 Å². The molecule has 0 bridgehead atoms. The van der Waals surface area contributed by atoms with Gasteiger partial charge in [-0.1, -0.05) is 0 Å². The van der Waals surface area contributed by atoms with Crippen molar-refractivity contribution in [3.05, 3.63) is 23.5 Å². The fourth-order valence-corrected chi connectivity index (χ4v) is 1.68. The van der Waals surface area contributed by atoms with Gasteiger partial charge in [-0.3, -0.25) is 9.67 Å². The van der Waals surface area contributed by atoms with Crippen molar-refractivity contribution < 1.29 is 9.90 Å². The maximum absolute atomic E-state index is 10.9. The lowest BCUT2D eigenvalue weighted by Crippen LogP contribution is -2.04. The van der Waals surface area contributed by atoms with E-state index in [9.17, 15) is 4.79 Å². The fourth-order valence-electron chi connectivity index (χ4n) is 1.68. The van der Waals surface area contributed by atoms with E-state index in [2.05, 4.69) is 10.1 Å². The van der Waals surface area contributed by atoms with Gasteiger partial charge in [0.05, 0.1) is 16.8 Å². The van der Waals surface area contributed by atoms with Crippen LogP contribution in [0.3, 0.4) is 0 Å². The summed E-state index contributed by atoms with van der Waals surface area (Å²) in [5, 5.41) is 13.3. The molecular weight excluding hydrogens is 206 g/mol. The number of pyridine rings is 1. The summed E-state index contributed by atoms with van der Waals surface area (Å²) in [5.41, 5.74) is 2.54. The first kappa shape index (κ1) is 10.6. The van der Waals surface area contributed by atoms with Crippen molar-refractivity contribution in [2.75, 3.05) is 0 Å². The zero-order chi connectivity index (χ0) is 11.9. The van der Waals surface area contributed by atoms with Crippen LogP contribution in [-0.4, -0.2) is 25.8 Å². The summed E-state index contributed by atoms with van der Waals surface area (Å²) in [6, 6.07) is 1.80. The Morgan fingerprint density at radius 2 is 2.19 bits per heavy atom. The maximum atomic E-state index is 10.9. The van der Waals surface area contributed by atoms with Gasteiger partial charge in [-0.05, 0) is 26.8 Å². The van der Waals surface area contributed by atoms with Gasteiger partial charge in [0.25, 0.3) is 0 Å². The first-order valence-electron chi connectivity index (χ1n) is 5.09. The number of carboxylic acid groups (broad SMARTS) is 1. The van der Waals surface area contributed by atoms with E-state index in [1.807, 2.05) is 20.8 Å². The second kappa shape index (κ2) is 3.59. The molecule has 2 aromatic heterocycles. The minimum Gasteiger partial charge on any atom is -0.478 e. The summed E-state index contributed by atoms with van der Waals surface area (Å²) >= 11 is 0. The number of carboxylic acids is 1. The molecule has 5 heteroatoms. The SMILES string of the molecule is Cc1nn(C(C)C)c2cc(C(=O)O)cnc12. The minimum atomic E-state index is -0.969. The average molecular weight is 219 g/mol. The van der Waals surface area contributed by atoms with Gasteiger partial charge < -0.3 is 5.11 Å². The van der Waals surface area contributed by atoms with Crippen LogP contribution in [0.5, 0.6) is 0 Å². The molecule has 0 fully saturated rings. The quantitative estimate of drug-likeness (QED) is 0.839. The molecule has 0 unspecified atom stereocenters. The van der Waals surface area contributed by atoms with E-state index >= 15 is 0 Å². The number of carbonyl (C=O) groups is 1. The lowest BCUT2D eigenvalue weighted by Gasteiger charge is -2.06. The zero-order valence-electron chi connectivity index (χ0n) is 9.43. The monoisotopic (exact) mass is 219 g/mol. The molecule has 0 aliphatic rings. The van der Waals surface area contributed by atoms with Crippen LogP contribution in [0.25, 0.3) is 11.0 Å². The van der Waals surface area contributed by atoms with Gasteiger partial charge in [-0.2, -0.15) is 5.10 Å². The highest BCUT2D eigenvalue weighted by molar-refractivity contribution is 5.91. The molecular formula is C11H13N3O2. The maximum Gasteiger partial charge on any atom is 0.337 e. The third-order valence-corrected chi connectivity index (χ3v) is 2.45. The second-order valence-electron chi connectivity index (χ2n) is 4.02. The van der Waals surface area contributed by atoms with E-state index in [0.29, 0.717) is 0 Å². The summed E-state index contributed by atoms with van der Waals surface area (Å²) < 4.78 is 1.80. The van der Waals surface area contributed by atoms with Crippen LogP contribution in [0, 0.1) is 6.92 Å². The van der Waals surface area contributed by atoms with E-state index in [4.69, 9.17) is 5.11 Å². The first-order chi connectivity index (χ1) is 7.50. The van der Waals surface area contributed by atoms with E-state index in [0.717, 1.165) is 16.7 Å². The highest BCUT2D eigenvalue weighted by Crippen LogP contribution is 2.20. The molecule has 0 spiro atoms. The van der Waals surface area contributed by atoms with Crippen molar-refractivity contribution in [3.63, 3.8) is 0 Å². The second-order valence-corrected chi connectivity index (χ2v) is 4.02. The Morgan fingerprint density at radius 1 is 1.50 bits per heavy atom. The summed E-state index contributed by atoms with van der Waals surface area (Å²) in [4.78, 5) is 15.0. The number of aryl methyl sites for hydroxylation is 1. The number of hydrogen-bond acceptors (Lipinski definition) is 3. The third-order valence-electron chi connectivity index (χ3n) is 2.45. The van der Waals surface area contributed by atoms with Crippen molar-refractivity contribution in [2.24, 2.45) is 0 Å². The Bertz CT molecular complexity index is 558. The molecule has 0 radical (unpaired) electrons. The summed E-state index contributed by atoms with van der Waals surface area (Å²) in [6.07, 6.45) is 1.37. The molecule has 0 aliphatic heterocycles. The Balaban J connectivity index is 2.74. The molecule has 2 heterocycles. The predicted octanol–water partition coefficient (Wildman–Crippen LogP) is 2.02. The molecule has 0 aromatic carbocycles. The molecule has 2 aromatic rings. The minimum absolute atomic E-state index is 0.182. The van der Waals surface area contributed by atoms with E-state index in [1.165, 1.54) is 6.20 Å². The molecule has 0 saturated carbocycles. The van der Waals surface area contributed by atoms with Gasteiger partial charge in [0, 0.05) is 12.2 Å². The van der Waals surface area contributed by atoms with Crippen LogP contribution in [0.1, 0.15) is 35.9 Å². The number of nitrogens with zero attached hydrogens (tertiary/aromatic N) is 3. The molecule has 2 rings (SSSR count).